The number of urea groups is 1. The van der Waals surface area contributed by atoms with Crippen LogP contribution in [0.25, 0.3) is 0 Å². The molecule has 1 atom stereocenters. The Morgan fingerprint density at radius 3 is 2.62 bits per heavy atom. The van der Waals surface area contributed by atoms with E-state index in [1.54, 1.807) is 0 Å². The number of amides is 2. The molecule has 0 aliphatic carbocycles. The van der Waals surface area contributed by atoms with Crippen LogP contribution in [0.2, 0.25) is 0 Å². The average Bonchev–Trinajstić information content (AvgIpc) is 2.38. The second kappa shape index (κ2) is 8.56. The lowest BCUT2D eigenvalue weighted by Gasteiger charge is -2.14. The highest BCUT2D eigenvalue weighted by Crippen LogP contribution is 2.09. The summed E-state index contributed by atoms with van der Waals surface area (Å²) in [6, 6.07) is 2.94. The van der Waals surface area contributed by atoms with Gasteiger partial charge in [-0.25, -0.2) is 13.6 Å². The Kier molecular flexibility index (Phi) is 7.08. The molecule has 1 unspecified atom stereocenters. The van der Waals surface area contributed by atoms with Crippen LogP contribution in [0.3, 0.4) is 0 Å². The van der Waals surface area contributed by atoms with Crippen molar-refractivity contribution in [2.45, 2.75) is 32.8 Å². The van der Waals surface area contributed by atoms with Gasteiger partial charge in [0.1, 0.15) is 11.6 Å². The molecule has 2 amide bonds. The Morgan fingerprint density at radius 1 is 1.29 bits per heavy atom. The lowest BCUT2D eigenvalue weighted by Crippen LogP contribution is -2.40. The summed E-state index contributed by atoms with van der Waals surface area (Å²) < 4.78 is 26.1. The predicted octanol–water partition coefficient (Wildman–Crippen LogP) is 2.21. The highest BCUT2D eigenvalue weighted by molar-refractivity contribution is 5.73. The molecule has 1 aromatic carbocycles. The second-order valence-electron chi connectivity index (χ2n) is 5.41. The van der Waals surface area contributed by atoms with Gasteiger partial charge in [-0.3, -0.25) is 0 Å². The zero-order valence-corrected chi connectivity index (χ0v) is 12.3. The smallest absolute Gasteiger partial charge is 0.314 e. The number of carbonyl (C=O) groups is 1. The number of halogens is 2. The van der Waals surface area contributed by atoms with Gasteiger partial charge in [0, 0.05) is 19.2 Å². The third-order valence-electron chi connectivity index (χ3n) is 2.94. The molecule has 118 valence electrons. The van der Waals surface area contributed by atoms with E-state index in [0.717, 1.165) is 6.07 Å². The van der Waals surface area contributed by atoms with Crippen molar-refractivity contribution in [1.82, 2.24) is 10.6 Å². The molecular weight excluding hydrogens is 278 g/mol. The van der Waals surface area contributed by atoms with E-state index in [9.17, 15) is 18.7 Å². The van der Waals surface area contributed by atoms with Crippen molar-refractivity contribution >= 4 is 6.03 Å². The van der Waals surface area contributed by atoms with Crippen LogP contribution >= 0.6 is 0 Å². The van der Waals surface area contributed by atoms with Crippen molar-refractivity contribution in [3.63, 3.8) is 0 Å². The normalized spacial score (nSPS) is 12.3. The SMILES string of the molecule is CC(C)CC(O)CNC(=O)NCCc1ccc(F)cc1F. The molecule has 0 spiro atoms. The molecule has 0 aromatic heterocycles. The minimum absolute atomic E-state index is 0.176. The zero-order valence-electron chi connectivity index (χ0n) is 12.3. The van der Waals surface area contributed by atoms with Crippen LogP contribution in [0.4, 0.5) is 13.6 Å². The first-order valence-corrected chi connectivity index (χ1v) is 7.02. The largest absolute Gasteiger partial charge is 0.391 e. The number of aliphatic hydroxyl groups excluding tert-OH is 1. The maximum atomic E-state index is 13.3. The number of nitrogens with one attached hydrogen (secondary N) is 2. The Morgan fingerprint density at radius 2 is 2.00 bits per heavy atom. The van der Waals surface area contributed by atoms with Crippen molar-refractivity contribution in [2.75, 3.05) is 13.1 Å². The monoisotopic (exact) mass is 300 g/mol. The highest BCUT2D eigenvalue weighted by Gasteiger charge is 2.09. The van der Waals surface area contributed by atoms with Gasteiger partial charge in [-0.05, 0) is 30.4 Å². The molecule has 1 aromatic rings. The van der Waals surface area contributed by atoms with E-state index >= 15 is 0 Å². The number of hydrogen-bond acceptors (Lipinski definition) is 2. The van der Waals surface area contributed by atoms with Gasteiger partial charge in [0.25, 0.3) is 0 Å². The van der Waals surface area contributed by atoms with E-state index in [1.165, 1.54) is 12.1 Å². The molecule has 6 heteroatoms. The third kappa shape index (κ3) is 7.04. The Labute approximate surface area is 123 Å². The van der Waals surface area contributed by atoms with E-state index < -0.39 is 23.8 Å². The van der Waals surface area contributed by atoms with Gasteiger partial charge in [-0.15, -0.1) is 0 Å². The molecule has 0 bridgehead atoms. The zero-order chi connectivity index (χ0) is 15.8. The maximum absolute atomic E-state index is 13.3. The van der Waals surface area contributed by atoms with Crippen LogP contribution in [0.1, 0.15) is 25.8 Å². The lowest BCUT2D eigenvalue weighted by atomic mass is 10.1. The molecular formula is C15H22F2N2O2. The highest BCUT2D eigenvalue weighted by atomic mass is 19.1. The van der Waals surface area contributed by atoms with Gasteiger partial charge >= 0.3 is 6.03 Å². The van der Waals surface area contributed by atoms with Gasteiger partial charge in [0.15, 0.2) is 0 Å². The van der Waals surface area contributed by atoms with Gasteiger partial charge in [0.05, 0.1) is 6.10 Å². The topological polar surface area (TPSA) is 61.4 Å². The van der Waals surface area contributed by atoms with Crippen LogP contribution in [-0.4, -0.2) is 30.3 Å². The van der Waals surface area contributed by atoms with E-state index in [4.69, 9.17) is 0 Å². The van der Waals surface area contributed by atoms with Gasteiger partial charge in [0.2, 0.25) is 0 Å². The third-order valence-corrected chi connectivity index (χ3v) is 2.94. The molecule has 0 saturated carbocycles. The quantitative estimate of drug-likeness (QED) is 0.723. The van der Waals surface area contributed by atoms with Gasteiger partial charge < -0.3 is 15.7 Å². The first-order chi connectivity index (χ1) is 9.88. The summed E-state index contributed by atoms with van der Waals surface area (Å²) in [4.78, 5) is 11.5. The summed E-state index contributed by atoms with van der Waals surface area (Å²) in [5.74, 6) is -0.892. The van der Waals surface area contributed by atoms with E-state index in [0.29, 0.717) is 17.9 Å². The molecule has 0 aliphatic heterocycles. The number of benzene rings is 1. The number of rotatable bonds is 7. The lowest BCUT2D eigenvalue weighted by molar-refractivity contribution is 0.147. The fourth-order valence-corrected chi connectivity index (χ4v) is 1.94. The Bertz CT molecular complexity index is 467. The number of hydrogen-bond donors (Lipinski definition) is 3. The molecule has 3 N–H and O–H groups in total. The van der Waals surface area contributed by atoms with Gasteiger partial charge in [-0.2, -0.15) is 0 Å². The summed E-state index contributed by atoms with van der Waals surface area (Å²) >= 11 is 0. The van der Waals surface area contributed by atoms with Crippen molar-refractivity contribution in [3.05, 3.63) is 35.4 Å². The van der Waals surface area contributed by atoms with Crippen LogP contribution < -0.4 is 10.6 Å². The summed E-state index contributed by atoms with van der Waals surface area (Å²) in [6.07, 6.45) is 0.306. The maximum Gasteiger partial charge on any atom is 0.314 e. The first-order valence-electron chi connectivity index (χ1n) is 7.02. The summed E-state index contributed by atoms with van der Waals surface area (Å²) in [5.41, 5.74) is 0.344. The molecule has 0 fully saturated rings. The summed E-state index contributed by atoms with van der Waals surface area (Å²) in [7, 11) is 0. The second-order valence-corrected chi connectivity index (χ2v) is 5.41. The van der Waals surface area contributed by atoms with E-state index in [-0.39, 0.29) is 19.5 Å². The van der Waals surface area contributed by atoms with Crippen molar-refractivity contribution in [2.24, 2.45) is 5.92 Å². The minimum atomic E-state index is -0.624. The molecule has 1 rings (SSSR count). The molecule has 0 saturated heterocycles. The van der Waals surface area contributed by atoms with Gasteiger partial charge in [-0.1, -0.05) is 19.9 Å². The standard InChI is InChI=1S/C15H22F2N2O2/c1-10(2)7-13(20)9-19-15(21)18-6-5-11-3-4-12(16)8-14(11)17/h3-4,8,10,13,20H,5-7,9H2,1-2H3,(H2,18,19,21). The van der Waals surface area contributed by atoms with Crippen molar-refractivity contribution in [1.29, 1.82) is 0 Å². The summed E-state index contributed by atoms with van der Waals surface area (Å²) in [5, 5.41) is 14.7. The Hall–Kier alpha value is -1.69. The fourth-order valence-electron chi connectivity index (χ4n) is 1.94. The van der Waals surface area contributed by atoms with Crippen LogP contribution in [0, 0.1) is 17.6 Å². The fraction of sp³-hybridized carbons (Fsp3) is 0.533. The number of carbonyl (C=O) groups excluding carboxylic acids is 1. The van der Waals surface area contributed by atoms with Crippen LogP contribution in [0.15, 0.2) is 18.2 Å². The average molecular weight is 300 g/mol. The van der Waals surface area contributed by atoms with Crippen LogP contribution in [-0.2, 0) is 6.42 Å². The first kappa shape index (κ1) is 17.4. The predicted molar refractivity (Wildman–Crippen MR) is 76.9 cm³/mol. The Balaban J connectivity index is 2.24. The molecule has 4 nitrogen and oxygen atoms in total. The van der Waals surface area contributed by atoms with Crippen molar-refractivity contribution < 1.29 is 18.7 Å². The van der Waals surface area contributed by atoms with Crippen molar-refractivity contribution in [3.8, 4) is 0 Å². The molecule has 21 heavy (non-hydrogen) atoms. The van der Waals surface area contributed by atoms with E-state index in [1.807, 2.05) is 13.8 Å². The number of aliphatic hydroxyl groups is 1. The van der Waals surface area contributed by atoms with Crippen LogP contribution in [0.5, 0.6) is 0 Å². The molecule has 0 aliphatic rings. The minimum Gasteiger partial charge on any atom is -0.391 e. The molecule has 0 radical (unpaired) electrons. The van der Waals surface area contributed by atoms with E-state index in [2.05, 4.69) is 10.6 Å². The molecule has 0 heterocycles. The summed E-state index contributed by atoms with van der Waals surface area (Å²) in [6.45, 7) is 4.38.